The summed E-state index contributed by atoms with van der Waals surface area (Å²) >= 11 is 0. The molecule has 0 aliphatic carbocycles. The molecule has 2 heteroatoms. The Morgan fingerprint density at radius 2 is 2.21 bits per heavy atom. The predicted molar refractivity (Wildman–Crippen MR) is 56.4 cm³/mol. The van der Waals surface area contributed by atoms with Crippen LogP contribution < -0.4 is 5.32 Å². The maximum absolute atomic E-state index is 11.5. The lowest BCUT2D eigenvalue weighted by Gasteiger charge is -2.13. The van der Waals surface area contributed by atoms with Crippen LogP contribution in [0.5, 0.6) is 0 Å². The van der Waals surface area contributed by atoms with E-state index in [2.05, 4.69) is 17.4 Å². The van der Waals surface area contributed by atoms with Crippen LogP contribution in [-0.2, 0) is 11.2 Å². The van der Waals surface area contributed by atoms with Gasteiger partial charge in [0.05, 0.1) is 5.92 Å². The molecule has 0 fully saturated rings. The summed E-state index contributed by atoms with van der Waals surface area (Å²) in [6.07, 6.45) is 1.03. The Morgan fingerprint density at radius 3 is 3.00 bits per heavy atom. The van der Waals surface area contributed by atoms with Gasteiger partial charge in [0.2, 0.25) is 0 Å². The summed E-state index contributed by atoms with van der Waals surface area (Å²) in [5.74, 6) is 0.306. The van der Waals surface area contributed by atoms with Crippen LogP contribution in [0.25, 0.3) is 0 Å². The standard InChI is InChI=1S/C12H15NO/c1-9(14)12-8-13-7-6-10-4-2-3-5-11(10)12/h2-5,12-13H,6-8H2,1H3. The minimum atomic E-state index is 0.0497. The van der Waals surface area contributed by atoms with Gasteiger partial charge < -0.3 is 5.32 Å². The molecule has 1 unspecified atom stereocenters. The molecule has 1 N–H and O–H groups in total. The number of Topliss-reactive ketones (excluding diaryl/α,β-unsaturated/α-hetero) is 1. The van der Waals surface area contributed by atoms with Gasteiger partial charge in [-0.1, -0.05) is 24.3 Å². The Morgan fingerprint density at radius 1 is 1.43 bits per heavy atom. The third-order valence-electron chi connectivity index (χ3n) is 2.84. The van der Waals surface area contributed by atoms with Crippen LogP contribution in [0.15, 0.2) is 24.3 Å². The number of nitrogens with one attached hydrogen (secondary N) is 1. The van der Waals surface area contributed by atoms with E-state index in [4.69, 9.17) is 0 Å². The highest BCUT2D eigenvalue weighted by Gasteiger charge is 2.21. The van der Waals surface area contributed by atoms with E-state index >= 15 is 0 Å². The number of hydrogen-bond acceptors (Lipinski definition) is 2. The number of carbonyl (C=O) groups is 1. The molecule has 1 heterocycles. The number of fused-ring (bicyclic) bond motifs is 1. The van der Waals surface area contributed by atoms with E-state index in [9.17, 15) is 4.79 Å². The Bertz CT molecular complexity index is 346. The summed E-state index contributed by atoms with van der Waals surface area (Å²) in [6.45, 7) is 3.43. The number of ketones is 1. The van der Waals surface area contributed by atoms with Crippen molar-refractivity contribution in [2.24, 2.45) is 0 Å². The quantitative estimate of drug-likeness (QED) is 0.725. The first-order chi connectivity index (χ1) is 6.79. The Labute approximate surface area is 84.3 Å². The molecule has 0 saturated carbocycles. The van der Waals surface area contributed by atoms with Gasteiger partial charge in [0.25, 0.3) is 0 Å². The van der Waals surface area contributed by atoms with Gasteiger partial charge in [-0.2, -0.15) is 0 Å². The molecule has 0 saturated heterocycles. The zero-order valence-corrected chi connectivity index (χ0v) is 8.42. The van der Waals surface area contributed by atoms with Gasteiger partial charge in [0, 0.05) is 6.54 Å². The lowest BCUT2D eigenvalue weighted by molar-refractivity contribution is -0.118. The van der Waals surface area contributed by atoms with Gasteiger partial charge in [-0.05, 0) is 31.0 Å². The number of benzene rings is 1. The first kappa shape index (κ1) is 9.41. The van der Waals surface area contributed by atoms with E-state index in [0.717, 1.165) is 19.5 Å². The van der Waals surface area contributed by atoms with E-state index in [-0.39, 0.29) is 11.7 Å². The number of hydrogen-bond donors (Lipinski definition) is 1. The fourth-order valence-electron chi connectivity index (χ4n) is 2.04. The van der Waals surface area contributed by atoms with E-state index in [1.165, 1.54) is 11.1 Å². The lowest BCUT2D eigenvalue weighted by Crippen LogP contribution is -2.24. The zero-order chi connectivity index (χ0) is 9.97. The molecule has 14 heavy (non-hydrogen) atoms. The second-order valence-electron chi connectivity index (χ2n) is 3.82. The predicted octanol–water partition coefficient (Wildman–Crippen LogP) is 1.50. The molecular weight excluding hydrogens is 174 g/mol. The van der Waals surface area contributed by atoms with Crippen LogP contribution >= 0.6 is 0 Å². The first-order valence-corrected chi connectivity index (χ1v) is 5.08. The maximum atomic E-state index is 11.5. The van der Waals surface area contributed by atoms with Crippen molar-refractivity contribution < 1.29 is 4.79 Å². The zero-order valence-electron chi connectivity index (χ0n) is 8.42. The van der Waals surface area contributed by atoms with Crippen molar-refractivity contribution in [3.05, 3.63) is 35.4 Å². The van der Waals surface area contributed by atoms with Crippen LogP contribution in [-0.4, -0.2) is 18.9 Å². The Hall–Kier alpha value is -1.15. The fourth-order valence-corrected chi connectivity index (χ4v) is 2.04. The third-order valence-corrected chi connectivity index (χ3v) is 2.84. The topological polar surface area (TPSA) is 29.1 Å². The average molecular weight is 189 g/mol. The van der Waals surface area contributed by atoms with Crippen molar-refractivity contribution in [3.63, 3.8) is 0 Å². The van der Waals surface area contributed by atoms with E-state index in [0.29, 0.717) is 0 Å². The normalized spacial score (nSPS) is 21.1. The van der Waals surface area contributed by atoms with Crippen molar-refractivity contribution in [3.8, 4) is 0 Å². The van der Waals surface area contributed by atoms with Crippen molar-refractivity contribution in [1.29, 1.82) is 0 Å². The highest BCUT2D eigenvalue weighted by molar-refractivity contribution is 5.84. The molecule has 2 nitrogen and oxygen atoms in total. The van der Waals surface area contributed by atoms with E-state index in [1.54, 1.807) is 6.92 Å². The van der Waals surface area contributed by atoms with E-state index in [1.807, 2.05) is 12.1 Å². The molecule has 74 valence electrons. The highest BCUT2D eigenvalue weighted by atomic mass is 16.1. The Kier molecular flexibility index (Phi) is 2.64. The highest BCUT2D eigenvalue weighted by Crippen LogP contribution is 2.22. The smallest absolute Gasteiger partial charge is 0.138 e. The molecule has 1 aromatic carbocycles. The maximum Gasteiger partial charge on any atom is 0.138 e. The van der Waals surface area contributed by atoms with Crippen molar-refractivity contribution in [2.45, 2.75) is 19.3 Å². The molecule has 1 aliphatic heterocycles. The largest absolute Gasteiger partial charge is 0.315 e. The van der Waals surface area contributed by atoms with Crippen molar-refractivity contribution in [2.75, 3.05) is 13.1 Å². The molecular formula is C12H15NO. The molecule has 2 rings (SSSR count). The third kappa shape index (κ3) is 1.70. The second kappa shape index (κ2) is 3.93. The van der Waals surface area contributed by atoms with Crippen LogP contribution in [0.4, 0.5) is 0 Å². The molecule has 0 radical (unpaired) electrons. The molecule has 1 aliphatic rings. The molecule has 1 atom stereocenters. The molecule has 0 bridgehead atoms. The average Bonchev–Trinajstić information content (AvgIpc) is 2.39. The summed E-state index contributed by atoms with van der Waals surface area (Å²) in [4.78, 5) is 11.5. The summed E-state index contributed by atoms with van der Waals surface area (Å²) in [5.41, 5.74) is 2.53. The lowest BCUT2D eigenvalue weighted by atomic mass is 9.91. The summed E-state index contributed by atoms with van der Waals surface area (Å²) < 4.78 is 0. The minimum Gasteiger partial charge on any atom is -0.315 e. The van der Waals surface area contributed by atoms with Gasteiger partial charge in [-0.25, -0.2) is 0 Å². The van der Waals surface area contributed by atoms with Crippen molar-refractivity contribution in [1.82, 2.24) is 5.32 Å². The van der Waals surface area contributed by atoms with E-state index < -0.39 is 0 Å². The summed E-state index contributed by atoms with van der Waals surface area (Å²) in [7, 11) is 0. The number of carbonyl (C=O) groups excluding carboxylic acids is 1. The van der Waals surface area contributed by atoms with Crippen LogP contribution in [0.1, 0.15) is 24.0 Å². The first-order valence-electron chi connectivity index (χ1n) is 5.08. The fraction of sp³-hybridized carbons (Fsp3) is 0.417. The van der Waals surface area contributed by atoms with Gasteiger partial charge in [0.15, 0.2) is 0 Å². The second-order valence-corrected chi connectivity index (χ2v) is 3.82. The minimum absolute atomic E-state index is 0.0497. The molecule has 1 aromatic rings. The van der Waals surface area contributed by atoms with Crippen LogP contribution in [0.3, 0.4) is 0 Å². The summed E-state index contributed by atoms with van der Waals surface area (Å²) in [6, 6.07) is 8.26. The van der Waals surface area contributed by atoms with Gasteiger partial charge in [0.1, 0.15) is 5.78 Å². The van der Waals surface area contributed by atoms with Gasteiger partial charge in [-0.15, -0.1) is 0 Å². The Balaban J connectivity index is 2.42. The SMILES string of the molecule is CC(=O)C1CNCCc2ccccc21. The molecule has 0 amide bonds. The summed E-state index contributed by atoms with van der Waals surface area (Å²) in [5, 5.41) is 3.30. The monoisotopic (exact) mass is 189 g/mol. The van der Waals surface area contributed by atoms with Crippen LogP contribution in [0.2, 0.25) is 0 Å². The molecule has 0 aromatic heterocycles. The van der Waals surface area contributed by atoms with Gasteiger partial charge in [-0.3, -0.25) is 4.79 Å². The number of rotatable bonds is 1. The van der Waals surface area contributed by atoms with Gasteiger partial charge >= 0.3 is 0 Å². The van der Waals surface area contributed by atoms with Crippen molar-refractivity contribution >= 4 is 5.78 Å². The van der Waals surface area contributed by atoms with Crippen LogP contribution in [0, 0.1) is 0 Å². The molecule has 0 spiro atoms.